The normalized spacial score (nSPS) is 10.1. The lowest BCUT2D eigenvalue weighted by molar-refractivity contribution is -0.123. The van der Waals surface area contributed by atoms with Gasteiger partial charge in [0.2, 0.25) is 0 Å². The first-order chi connectivity index (χ1) is 14.1. The number of para-hydroxylation sites is 1. The Morgan fingerprint density at radius 2 is 1.52 bits per heavy atom. The second-order valence-electron chi connectivity index (χ2n) is 6.05. The zero-order valence-corrected chi connectivity index (χ0v) is 16.2. The maximum atomic E-state index is 12.1. The van der Waals surface area contributed by atoms with Crippen molar-refractivity contribution in [1.82, 2.24) is 10.9 Å². The number of amides is 2. The Morgan fingerprint density at radius 1 is 0.793 bits per heavy atom. The van der Waals surface area contributed by atoms with Crippen LogP contribution in [0.4, 0.5) is 0 Å². The van der Waals surface area contributed by atoms with Gasteiger partial charge in [-0.15, -0.1) is 0 Å². The van der Waals surface area contributed by atoms with Gasteiger partial charge in [0.1, 0.15) is 18.1 Å². The molecule has 0 heterocycles. The molecular formula is C22H19ClN2O4. The Morgan fingerprint density at radius 3 is 2.24 bits per heavy atom. The molecule has 3 aromatic rings. The summed E-state index contributed by atoms with van der Waals surface area (Å²) < 4.78 is 11.0. The number of hydrogen-bond acceptors (Lipinski definition) is 4. The molecular weight excluding hydrogens is 392 g/mol. The van der Waals surface area contributed by atoms with Gasteiger partial charge in [-0.3, -0.25) is 20.4 Å². The molecule has 0 saturated heterocycles. The molecule has 3 rings (SSSR count). The highest BCUT2D eigenvalue weighted by Gasteiger charge is 2.08. The van der Waals surface area contributed by atoms with Crippen molar-refractivity contribution in [2.45, 2.75) is 6.61 Å². The average molecular weight is 411 g/mol. The second-order valence-corrected chi connectivity index (χ2v) is 6.48. The first-order valence-corrected chi connectivity index (χ1v) is 9.22. The van der Waals surface area contributed by atoms with Crippen LogP contribution >= 0.6 is 11.6 Å². The molecule has 148 valence electrons. The molecule has 0 fully saturated rings. The number of hydrazine groups is 1. The van der Waals surface area contributed by atoms with E-state index in [0.29, 0.717) is 22.9 Å². The van der Waals surface area contributed by atoms with Crippen LogP contribution in [0.5, 0.6) is 11.5 Å². The van der Waals surface area contributed by atoms with Gasteiger partial charge in [-0.1, -0.05) is 48.0 Å². The lowest BCUT2D eigenvalue weighted by Gasteiger charge is -2.10. The number of benzene rings is 3. The van der Waals surface area contributed by atoms with Crippen molar-refractivity contribution < 1.29 is 19.1 Å². The van der Waals surface area contributed by atoms with E-state index in [1.165, 1.54) is 0 Å². The summed E-state index contributed by atoms with van der Waals surface area (Å²) in [6.45, 7) is 0.139. The van der Waals surface area contributed by atoms with E-state index in [4.69, 9.17) is 21.1 Å². The lowest BCUT2D eigenvalue weighted by Crippen LogP contribution is -2.43. The molecule has 0 aliphatic heterocycles. The fraction of sp³-hybridized carbons (Fsp3) is 0.0909. The Labute approximate surface area is 173 Å². The minimum absolute atomic E-state index is 0.254. The molecule has 0 bridgehead atoms. The van der Waals surface area contributed by atoms with Crippen LogP contribution in [-0.4, -0.2) is 18.4 Å². The van der Waals surface area contributed by atoms with Gasteiger partial charge in [0, 0.05) is 10.6 Å². The molecule has 0 saturated carbocycles. The number of ether oxygens (including phenoxy) is 2. The summed E-state index contributed by atoms with van der Waals surface area (Å²) in [5.41, 5.74) is 5.98. The Hall–Kier alpha value is -3.51. The molecule has 0 aliphatic rings. The van der Waals surface area contributed by atoms with E-state index in [9.17, 15) is 9.59 Å². The molecule has 29 heavy (non-hydrogen) atoms. The minimum Gasteiger partial charge on any atom is -0.489 e. The highest BCUT2D eigenvalue weighted by atomic mass is 35.5. The van der Waals surface area contributed by atoms with Gasteiger partial charge in [0.15, 0.2) is 6.61 Å². The fourth-order valence-electron chi connectivity index (χ4n) is 2.38. The van der Waals surface area contributed by atoms with Gasteiger partial charge >= 0.3 is 0 Å². The van der Waals surface area contributed by atoms with Gasteiger partial charge in [-0.25, -0.2) is 0 Å². The average Bonchev–Trinajstić information content (AvgIpc) is 2.76. The monoisotopic (exact) mass is 410 g/mol. The van der Waals surface area contributed by atoms with Crippen LogP contribution < -0.4 is 20.3 Å². The molecule has 2 amide bonds. The van der Waals surface area contributed by atoms with Crippen LogP contribution in [0.25, 0.3) is 0 Å². The minimum atomic E-state index is -0.494. The van der Waals surface area contributed by atoms with Crippen molar-refractivity contribution in [1.29, 1.82) is 0 Å². The zero-order valence-electron chi connectivity index (χ0n) is 15.4. The van der Waals surface area contributed by atoms with Gasteiger partial charge < -0.3 is 9.47 Å². The summed E-state index contributed by atoms with van der Waals surface area (Å²) in [6.07, 6.45) is 0. The molecule has 0 aliphatic carbocycles. The third kappa shape index (κ3) is 6.55. The number of nitrogens with one attached hydrogen (secondary N) is 2. The van der Waals surface area contributed by atoms with Crippen molar-refractivity contribution in [2.24, 2.45) is 0 Å². The van der Waals surface area contributed by atoms with Crippen molar-refractivity contribution in [3.05, 3.63) is 95.0 Å². The predicted octanol–water partition coefficient (Wildman–Crippen LogP) is 3.76. The van der Waals surface area contributed by atoms with Gasteiger partial charge in [-0.2, -0.15) is 0 Å². The van der Waals surface area contributed by atoms with E-state index in [2.05, 4.69) is 10.9 Å². The van der Waals surface area contributed by atoms with E-state index in [0.717, 1.165) is 11.3 Å². The number of carbonyl (C=O) groups is 2. The second kappa shape index (κ2) is 10.1. The van der Waals surface area contributed by atoms with Crippen molar-refractivity contribution in [3.8, 4) is 11.5 Å². The maximum absolute atomic E-state index is 12.1. The molecule has 3 aromatic carbocycles. The first-order valence-electron chi connectivity index (χ1n) is 8.84. The number of hydrogen-bond donors (Lipinski definition) is 2. The summed E-state index contributed by atoms with van der Waals surface area (Å²) in [5.74, 6) is 0.312. The molecule has 7 heteroatoms. The van der Waals surface area contributed by atoms with Gasteiger partial charge in [0.05, 0.1) is 0 Å². The van der Waals surface area contributed by atoms with Crippen LogP contribution in [0.3, 0.4) is 0 Å². The van der Waals surface area contributed by atoms with E-state index in [1.54, 1.807) is 48.5 Å². The van der Waals surface area contributed by atoms with Crippen LogP contribution in [0, 0.1) is 0 Å². The first kappa shape index (κ1) is 20.2. The zero-order chi connectivity index (χ0) is 20.5. The Balaban J connectivity index is 1.42. The molecule has 0 radical (unpaired) electrons. The number of rotatable bonds is 7. The summed E-state index contributed by atoms with van der Waals surface area (Å²) in [4.78, 5) is 24.0. The predicted molar refractivity (Wildman–Crippen MR) is 110 cm³/mol. The SMILES string of the molecule is O=C(COc1cccc(Cl)c1)NNC(=O)c1ccc(COc2ccccc2)cc1. The van der Waals surface area contributed by atoms with Crippen molar-refractivity contribution >= 4 is 23.4 Å². The van der Waals surface area contributed by atoms with E-state index >= 15 is 0 Å². The van der Waals surface area contributed by atoms with E-state index < -0.39 is 11.8 Å². The van der Waals surface area contributed by atoms with Crippen LogP contribution in [-0.2, 0) is 11.4 Å². The van der Waals surface area contributed by atoms with Crippen LogP contribution in [0.1, 0.15) is 15.9 Å². The molecule has 2 N–H and O–H groups in total. The molecule has 6 nitrogen and oxygen atoms in total. The molecule has 0 unspecified atom stereocenters. The van der Waals surface area contributed by atoms with Gasteiger partial charge in [0.25, 0.3) is 11.8 Å². The third-order valence-corrected chi connectivity index (χ3v) is 4.08. The standard InChI is InChI=1S/C22H19ClN2O4/c23-18-5-4-8-20(13-18)29-15-21(26)24-25-22(27)17-11-9-16(10-12-17)14-28-19-6-2-1-3-7-19/h1-13H,14-15H2,(H,24,26)(H,25,27). The number of carbonyl (C=O) groups excluding carboxylic acids is 2. The summed E-state index contributed by atoms with van der Waals surface area (Å²) in [6, 6.07) is 23.1. The van der Waals surface area contributed by atoms with E-state index in [1.807, 2.05) is 30.3 Å². The molecule has 0 atom stereocenters. The van der Waals surface area contributed by atoms with Crippen molar-refractivity contribution in [3.63, 3.8) is 0 Å². The Bertz CT molecular complexity index is 962. The third-order valence-electron chi connectivity index (χ3n) is 3.85. The Kier molecular flexibility index (Phi) is 7.08. The highest BCUT2D eigenvalue weighted by molar-refractivity contribution is 6.30. The molecule has 0 aromatic heterocycles. The maximum Gasteiger partial charge on any atom is 0.276 e. The quantitative estimate of drug-likeness (QED) is 0.581. The van der Waals surface area contributed by atoms with Crippen LogP contribution in [0.15, 0.2) is 78.9 Å². The summed E-state index contributed by atoms with van der Waals surface area (Å²) >= 11 is 5.85. The highest BCUT2D eigenvalue weighted by Crippen LogP contribution is 2.16. The topological polar surface area (TPSA) is 76.7 Å². The lowest BCUT2D eigenvalue weighted by atomic mass is 10.1. The fourth-order valence-corrected chi connectivity index (χ4v) is 2.56. The van der Waals surface area contributed by atoms with Crippen molar-refractivity contribution in [2.75, 3.05) is 6.61 Å². The smallest absolute Gasteiger partial charge is 0.276 e. The van der Waals surface area contributed by atoms with Gasteiger partial charge in [-0.05, 0) is 48.0 Å². The van der Waals surface area contributed by atoms with Crippen LogP contribution in [0.2, 0.25) is 5.02 Å². The van der Waals surface area contributed by atoms with E-state index in [-0.39, 0.29) is 6.61 Å². The summed E-state index contributed by atoms with van der Waals surface area (Å²) in [5, 5.41) is 0.508. The largest absolute Gasteiger partial charge is 0.489 e. The summed E-state index contributed by atoms with van der Waals surface area (Å²) in [7, 11) is 0. The molecule has 0 spiro atoms. The number of halogens is 1.